The van der Waals surface area contributed by atoms with Gasteiger partial charge in [0.05, 0.1) is 11.0 Å². The quantitative estimate of drug-likeness (QED) is 0.643. The van der Waals surface area contributed by atoms with E-state index in [1.807, 2.05) is 6.07 Å². The number of hydrogen-bond acceptors (Lipinski definition) is 4. The van der Waals surface area contributed by atoms with Crippen LogP contribution in [0.5, 0.6) is 5.75 Å². The fraction of sp³-hybridized carbons (Fsp3) is 0.533. The number of benzene rings is 1. The average molecular weight is 276 g/mol. The first kappa shape index (κ1) is 14.8. The summed E-state index contributed by atoms with van der Waals surface area (Å²) in [5.41, 5.74) is 1.80. The molecule has 0 unspecified atom stereocenters. The molecule has 2 rings (SSSR count). The van der Waals surface area contributed by atoms with E-state index in [1.54, 1.807) is 12.1 Å². The topological polar surface area (TPSA) is 64.2 Å². The maximum absolute atomic E-state index is 9.42. The number of phenols is 1. The Bertz CT molecular complexity index is 534. The van der Waals surface area contributed by atoms with E-state index in [0.29, 0.717) is 0 Å². The van der Waals surface area contributed by atoms with E-state index in [4.69, 9.17) is 0 Å². The van der Waals surface area contributed by atoms with E-state index >= 15 is 0 Å². The zero-order valence-corrected chi connectivity index (χ0v) is 12.3. The van der Waals surface area contributed by atoms with Gasteiger partial charge in [0, 0.05) is 32.1 Å². The minimum absolute atomic E-state index is 0.269. The molecule has 1 aromatic heterocycles. The third-order valence-corrected chi connectivity index (χ3v) is 3.55. The summed E-state index contributed by atoms with van der Waals surface area (Å²) in [6.07, 6.45) is 0.869. The van der Waals surface area contributed by atoms with Crippen LogP contribution in [0.25, 0.3) is 11.0 Å². The summed E-state index contributed by atoms with van der Waals surface area (Å²) in [5.74, 6) is 1.23. The van der Waals surface area contributed by atoms with Gasteiger partial charge in [-0.15, -0.1) is 0 Å². The van der Waals surface area contributed by atoms with Crippen LogP contribution < -0.4 is 5.32 Å². The minimum atomic E-state index is 0.269. The van der Waals surface area contributed by atoms with E-state index < -0.39 is 0 Å². The van der Waals surface area contributed by atoms with Crippen molar-refractivity contribution >= 4 is 11.0 Å². The van der Waals surface area contributed by atoms with Gasteiger partial charge in [0.2, 0.25) is 0 Å². The highest BCUT2D eigenvalue weighted by Gasteiger charge is 2.03. The standard InChI is InChI=1S/C15H24N4O/c1-3-19(4-2)10-9-16-8-7-15-17-13-6-5-12(20)11-14(13)18-15/h5-6,11,16,20H,3-4,7-10H2,1-2H3,(H,17,18). The van der Waals surface area contributed by atoms with Crippen molar-refractivity contribution in [2.75, 3.05) is 32.7 Å². The third-order valence-electron chi connectivity index (χ3n) is 3.55. The van der Waals surface area contributed by atoms with Crippen molar-refractivity contribution in [2.24, 2.45) is 0 Å². The summed E-state index contributed by atoms with van der Waals surface area (Å²) in [4.78, 5) is 10.1. The van der Waals surface area contributed by atoms with Crippen molar-refractivity contribution in [2.45, 2.75) is 20.3 Å². The summed E-state index contributed by atoms with van der Waals surface area (Å²) in [6.45, 7) is 9.58. The van der Waals surface area contributed by atoms with Crippen molar-refractivity contribution in [1.29, 1.82) is 0 Å². The highest BCUT2D eigenvalue weighted by Crippen LogP contribution is 2.17. The van der Waals surface area contributed by atoms with Gasteiger partial charge in [-0.2, -0.15) is 0 Å². The number of H-pyrrole nitrogens is 1. The van der Waals surface area contributed by atoms with Crippen molar-refractivity contribution in [3.63, 3.8) is 0 Å². The lowest BCUT2D eigenvalue weighted by Gasteiger charge is -2.17. The maximum Gasteiger partial charge on any atom is 0.117 e. The lowest BCUT2D eigenvalue weighted by atomic mass is 10.3. The largest absolute Gasteiger partial charge is 0.508 e. The zero-order chi connectivity index (χ0) is 14.4. The van der Waals surface area contributed by atoms with Crippen molar-refractivity contribution in [1.82, 2.24) is 20.2 Å². The van der Waals surface area contributed by atoms with Gasteiger partial charge in [-0.3, -0.25) is 0 Å². The summed E-state index contributed by atoms with van der Waals surface area (Å²) < 4.78 is 0. The Morgan fingerprint density at radius 1 is 1.25 bits per heavy atom. The lowest BCUT2D eigenvalue weighted by molar-refractivity contribution is 0.303. The van der Waals surface area contributed by atoms with Gasteiger partial charge in [0.25, 0.3) is 0 Å². The van der Waals surface area contributed by atoms with Crippen LogP contribution in [0.2, 0.25) is 0 Å². The molecular formula is C15H24N4O. The number of rotatable bonds is 8. The summed E-state index contributed by atoms with van der Waals surface area (Å²) in [7, 11) is 0. The molecule has 0 spiro atoms. The van der Waals surface area contributed by atoms with Crippen LogP contribution in [0.1, 0.15) is 19.7 Å². The van der Waals surface area contributed by atoms with Gasteiger partial charge in [0.15, 0.2) is 0 Å². The number of aromatic nitrogens is 2. The Labute approximate surface area is 120 Å². The van der Waals surface area contributed by atoms with Gasteiger partial charge < -0.3 is 20.3 Å². The Kier molecular flexibility index (Phi) is 5.38. The molecule has 0 aliphatic carbocycles. The van der Waals surface area contributed by atoms with E-state index in [0.717, 1.165) is 56.0 Å². The summed E-state index contributed by atoms with van der Waals surface area (Å²) in [5, 5.41) is 12.9. The Hall–Kier alpha value is -1.59. The van der Waals surface area contributed by atoms with Crippen LogP contribution in [-0.2, 0) is 6.42 Å². The van der Waals surface area contributed by atoms with Crippen LogP contribution in [0.15, 0.2) is 18.2 Å². The molecular weight excluding hydrogens is 252 g/mol. The van der Waals surface area contributed by atoms with Crippen molar-refractivity contribution in [3.05, 3.63) is 24.0 Å². The highest BCUT2D eigenvalue weighted by molar-refractivity contribution is 5.76. The van der Waals surface area contributed by atoms with Crippen LogP contribution in [0.3, 0.4) is 0 Å². The molecule has 0 saturated heterocycles. The fourth-order valence-corrected chi connectivity index (χ4v) is 2.28. The van der Waals surface area contributed by atoms with Crippen LogP contribution in [0, 0.1) is 0 Å². The lowest BCUT2D eigenvalue weighted by Crippen LogP contribution is -2.32. The molecule has 1 aromatic carbocycles. The summed E-state index contributed by atoms with van der Waals surface area (Å²) >= 11 is 0. The molecule has 0 aliphatic heterocycles. The first-order chi connectivity index (χ1) is 9.72. The van der Waals surface area contributed by atoms with E-state index in [2.05, 4.69) is 34.0 Å². The van der Waals surface area contributed by atoms with E-state index in [1.165, 1.54) is 0 Å². The normalized spacial score (nSPS) is 11.6. The minimum Gasteiger partial charge on any atom is -0.508 e. The smallest absolute Gasteiger partial charge is 0.117 e. The second-order valence-electron chi connectivity index (χ2n) is 4.91. The van der Waals surface area contributed by atoms with Crippen molar-refractivity contribution < 1.29 is 5.11 Å². The molecule has 110 valence electrons. The number of likely N-dealkylation sites (N-methyl/N-ethyl adjacent to an activating group) is 1. The predicted molar refractivity (Wildman–Crippen MR) is 82.1 cm³/mol. The highest BCUT2D eigenvalue weighted by atomic mass is 16.3. The molecule has 0 saturated carbocycles. The number of aromatic amines is 1. The Morgan fingerprint density at radius 2 is 2.05 bits per heavy atom. The summed E-state index contributed by atoms with van der Waals surface area (Å²) in [6, 6.07) is 5.20. The number of aromatic hydroxyl groups is 1. The van der Waals surface area contributed by atoms with Crippen molar-refractivity contribution in [3.8, 4) is 5.75 Å². The number of nitrogens with one attached hydrogen (secondary N) is 2. The van der Waals surface area contributed by atoms with Gasteiger partial charge >= 0.3 is 0 Å². The maximum atomic E-state index is 9.42. The Balaban J connectivity index is 1.75. The molecule has 0 atom stereocenters. The van der Waals surface area contributed by atoms with Crippen LogP contribution in [-0.4, -0.2) is 52.7 Å². The monoisotopic (exact) mass is 276 g/mol. The molecule has 5 nitrogen and oxygen atoms in total. The molecule has 2 aromatic rings. The van der Waals surface area contributed by atoms with Gasteiger partial charge in [-0.05, 0) is 25.2 Å². The van der Waals surface area contributed by atoms with Gasteiger partial charge in [0.1, 0.15) is 11.6 Å². The van der Waals surface area contributed by atoms with Crippen LogP contribution >= 0.6 is 0 Å². The van der Waals surface area contributed by atoms with Crippen LogP contribution in [0.4, 0.5) is 0 Å². The molecule has 0 bridgehead atoms. The molecule has 1 heterocycles. The van der Waals surface area contributed by atoms with Gasteiger partial charge in [-0.1, -0.05) is 13.8 Å². The third kappa shape index (κ3) is 3.95. The molecule has 0 amide bonds. The Morgan fingerprint density at radius 3 is 2.80 bits per heavy atom. The number of imidazole rings is 1. The molecule has 0 aliphatic rings. The molecule has 5 heteroatoms. The first-order valence-electron chi connectivity index (χ1n) is 7.33. The average Bonchev–Trinajstić information content (AvgIpc) is 2.84. The van der Waals surface area contributed by atoms with E-state index in [-0.39, 0.29) is 5.75 Å². The number of hydrogen-bond donors (Lipinski definition) is 3. The number of phenolic OH excluding ortho intramolecular Hbond substituents is 1. The van der Waals surface area contributed by atoms with Gasteiger partial charge in [-0.25, -0.2) is 4.98 Å². The molecule has 0 radical (unpaired) electrons. The number of fused-ring (bicyclic) bond motifs is 1. The molecule has 20 heavy (non-hydrogen) atoms. The fourth-order valence-electron chi connectivity index (χ4n) is 2.28. The SMILES string of the molecule is CCN(CC)CCNCCc1nc2ccc(O)cc2[nH]1. The second-order valence-corrected chi connectivity index (χ2v) is 4.91. The first-order valence-corrected chi connectivity index (χ1v) is 7.33. The number of nitrogens with zero attached hydrogens (tertiary/aromatic N) is 2. The zero-order valence-electron chi connectivity index (χ0n) is 12.3. The molecule has 0 fully saturated rings. The predicted octanol–water partition coefficient (Wildman–Crippen LogP) is 1.74. The van der Waals surface area contributed by atoms with E-state index in [9.17, 15) is 5.11 Å². The molecule has 3 N–H and O–H groups in total. The second kappa shape index (κ2) is 7.26.